The Morgan fingerprint density at radius 1 is 1.57 bits per heavy atom. The molecule has 2 saturated carbocycles. The van der Waals surface area contributed by atoms with Crippen molar-refractivity contribution in [3.05, 3.63) is 16.1 Å². The Morgan fingerprint density at radius 2 is 2.43 bits per heavy atom. The first-order valence-electron chi connectivity index (χ1n) is 8.06. The molecule has 3 fully saturated rings. The quantitative estimate of drug-likeness (QED) is 0.907. The molecule has 0 radical (unpaired) electrons. The minimum Gasteiger partial charge on any atom is -0.356 e. The number of hydrogen-bond donors (Lipinski definition) is 1. The van der Waals surface area contributed by atoms with Crippen LogP contribution in [0.2, 0.25) is 0 Å². The van der Waals surface area contributed by atoms with Gasteiger partial charge in [0.2, 0.25) is 5.91 Å². The van der Waals surface area contributed by atoms with E-state index in [4.69, 9.17) is 0 Å². The first-order chi connectivity index (χ1) is 10.1. The van der Waals surface area contributed by atoms with E-state index < -0.39 is 0 Å². The van der Waals surface area contributed by atoms with Gasteiger partial charge >= 0.3 is 0 Å². The Bertz CT molecular complexity index is 553. The van der Waals surface area contributed by atoms with Crippen LogP contribution in [0.25, 0.3) is 0 Å². The zero-order valence-electron chi connectivity index (χ0n) is 12.6. The lowest BCUT2D eigenvalue weighted by Gasteiger charge is -2.14. The summed E-state index contributed by atoms with van der Waals surface area (Å²) in [6.07, 6.45) is 4.88. The highest BCUT2D eigenvalue weighted by Crippen LogP contribution is 2.58. The average molecular weight is 305 g/mol. The molecule has 1 aromatic rings. The lowest BCUT2D eigenvalue weighted by atomic mass is 10.0. The number of thiazole rings is 1. The highest BCUT2D eigenvalue weighted by molar-refractivity contribution is 7.09. The van der Waals surface area contributed by atoms with Crippen LogP contribution < -0.4 is 5.32 Å². The van der Waals surface area contributed by atoms with Crippen LogP contribution in [0, 0.1) is 24.2 Å². The van der Waals surface area contributed by atoms with E-state index in [0.29, 0.717) is 11.3 Å². The molecule has 2 heterocycles. The number of hydrogen-bond acceptors (Lipinski definition) is 4. The molecule has 21 heavy (non-hydrogen) atoms. The molecule has 0 bridgehead atoms. The van der Waals surface area contributed by atoms with Gasteiger partial charge in [-0.1, -0.05) is 0 Å². The van der Waals surface area contributed by atoms with Gasteiger partial charge < -0.3 is 5.32 Å². The SMILES string of the molecule is Cc1nc(CN2CC[C@]3(C[C@H]3C(=O)NCC3CC3)C2)cs1. The second kappa shape index (κ2) is 5.06. The maximum Gasteiger partial charge on any atom is 0.223 e. The van der Waals surface area contributed by atoms with Crippen molar-refractivity contribution in [2.24, 2.45) is 17.3 Å². The molecule has 2 aliphatic carbocycles. The standard InChI is InChI=1S/C16H23N3OS/c1-11-18-13(9-21-11)8-19-5-4-16(10-19)6-14(16)15(20)17-7-12-2-3-12/h9,12,14H,2-8,10H2,1H3,(H,17,20)/t14-,16-/m0/s1. The number of aryl methyl sites for hydroxylation is 1. The first-order valence-corrected chi connectivity index (χ1v) is 8.94. The Hall–Kier alpha value is -0.940. The van der Waals surface area contributed by atoms with Gasteiger partial charge in [0, 0.05) is 30.9 Å². The van der Waals surface area contributed by atoms with Gasteiger partial charge in [-0.3, -0.25) is 9.69 Å². The molecule has 4 rings (SSSR count). The highest BCUT2D eigenvalue weighted by atomic mass is 32.1. The summed E-state index contributed by atoms with van der Waals surface area (Å²) in [5, 5.41) is 6.46. The number of nitrogens with one attached hydrogen (secondary N) is 1. The zero-order valence-corrected chi connectivity index (χ0v) is 13.4. The Kier molecular flexibility index (Phi) is 3.30. The number of aromatic nitrogens is 1. The van der Waals surface area contributed by atoms with Crippen LogP contribution in [-0.4, -0.2) is 35.4 Å². The van der Waals surface area contributed by atoms with E-state index in [2.05, 4.69) is 27.5 Å². The van der Waals surface area contributed by atoms with Crippen LogP contribution in [0.5, 0.6) is 0 Å². The summed E-state index contributed by atoms with van der Waals surface area (Å²) in [5.74, 6) is 1.36. The number of carbonyl (C=O) groups excluding carboxylic acids is 1. The second-order valence-corrected chi connectivity index (χ2v) is 8.19. The fourth-order valence-corrected chi connectivity index (χ4v) is 4.29. The molecule has 3 aliphatic rings. The van der Waals surface area contributed by atoms with Crippen LogP contribution in [0.1, 0.15) is 36.4 Å². The predicted octanol–water partition coefficient (Wildman–Crippen LogP) is 2.19. The minimum atomic E-state index is 0.276. The molecule has 1 saturated heterocycles. The maximum absolute atomic E-state index is 12.2. The van der Waals surface area contributed by atoms with E-state index >= 15 is 0 Å². The molecule has 4 nitrogen and oxygen atoms in total. The molecule has 2 atom stereocenters. The Morgan fingerprint density at radius 3 is 3.14 bits per heavy atom. The van der Waals surface area contributed by atoms with Crippen molar-refractivity contribution in [2.45, 2.75) is 39.2 Å². The van der Waals surface area contributed by atoms with Crippen molar-refractivity contribution in [1.82, 2.24) is 15.2 Å². The van der Waals surface area contributed by atoms with E-state index in [1.807, 2.05) is 0 Å². The summed E-state index contributed by atoms with van der Waals surface area (Å²) in [6.45, 7) is 6.10. The van der Waals surface area contributed by atoms with Gasteiger partial charge in [0.1, 0.15) is 0 Å². The van der Waals surface area contributed by atoms with Crippen molar-refractivity contribution in [2.75, 3.05) is 19.6 Å². The molecule has 1 N–H and O–H groups in total. The zero-order chi connectivity index (χ0) is 14.4. The van der Waals surface area contributed by atoms with E-state index in [1.165, 1.54) is 25.0 Å². The van der Waals surface area contributed by atoms with Crippen LogP contribution >= 0.6 is 11.3 Å². The van der Waals surface area contributed by atoms with Crippen molar-refractivity contribution in [3.63, 3.8) is 0 Å². The molecular weight excluding hydrogens is 282 g/mol. The summed E-state index contributed by atoms with van der Waals surface area (Å²) in [7, 11) is 0. The number of amides is 1. The van der Waals surface area contributed by atoms with Crippen LogP contribution in [0.4, 0.5) is 0 Å². The van der Waals surface area contributed by atoms with Gasteiger partial charge in [0.15, 0.2) is 0 Å². The van der Waals surface area contributed by atoms with Gasteiger partial charge in [0.25, 0.3) is 0 Å². The minimum absolute atomic E-state index is 0.276. The van der Waals surface area contributed by atoms with E-state index in [0.717, 1.165) is 43.5 Å². The predicted molar refractivity (Wildman–Crippen MR) is 83.0 cm³/mol. The molecule has 1 aromatic heterocycles. The van der Waals surface area contributed by atoms with Gasteiger partial charge in [-0.25, -0.2) is 4.98 Å². The number of rotatable bonds is 5. The molecule has 1 amide bonds. The molecule has 1 aliphatic heterocycles. The summed E-state index contributed by atoms with van der Waals surface area (Å²) >= 11 is 1.72. The van der Waals surface area contributed by atoms with E-state index in [9.17, 15) is 4.79 Å². The van der Waals surface area contributed by atoms with Gasteiger partial charge in [0.05, 0.1) is 10.7 Å². The normalized spacial score (nSPS) is 31.8. The number of likely N-dealkylation sites (tertiary alicyclic amines) is 1. The molecule has 1 spiro atoms. The Labute approximate surface area is 129 Å². The first kappa shape index (κ1) is 13.7. The summed E-state index contributed by atoms with van der Waals surface area (Å²) in [4.78, 5) is 19.3. The van der Waals surface area contributed by atoms with Crippen molar-refractivity contribution >= 4 is 17.2 Å². The van der Waals surface area contributed by atoms with Crippen molar-refractivity contribution in [1.29, 1.82) is 0 Å². The molecular formula is C16H23N3OS. The van der Waals surface area contributed by atoms with Crippen molar-refractivity contribution in [3.8, 4) is 0 Å². The highest BCUT2D eigenvalue weighted by Gasteiger charge is 2.60. The lowest BCUT2D eigenvalue weighted by Crippen LogP contribution is -2.30. The maximum atomic E-state index is 12.2. The summed E-state index contributed by atoms with van der Waals surface area (Å²) in [6, 6.07) is 0. The van der Waals surface area contributed by atoms with Crippen LogP contribution in [-0.2, 0) is 11.3 Å². The van der Waals surface area contributed by atoms with Gasteiger partial charge in [-0.05, 0) is 50.5 Å². The third-order valence-electron chi connectivity index (χ3n) is 5.28. The number of nitrogens with zero attached hydrogens (tertiary/aromatic N) is 2. The number of carbonyl (C=O) groups is 1. The second-order valence-electron chi connectivity index (χ2n) is 7.13. The molecule has 5 heteroatoms. The third kappa shape index (κ3) is 2.86. The summed E-state index contributed by atoms with van der Waals surface area (Å²) < 4.78 is 0. The average Bonchev–Trinajstić information content (AvgIpc) is 3.32. The van der Waals surface area contributed by atoms with Gasteiger partial charge in [-0.15, -0.1) is 11.3 Å². The topological polar surface area (TPSA) is 45.2 Å². The fourth-order valence-electron chi connectivity index (χ4n) is 3.69. The van der Waals surface area contributed by atoms with E-state index in [1.54, 1.807) is 11.3 Å². The Balaban J connectivity index is 1.29. The van der Waals surface area contributed by atoms with Gasteiger partial charge in [-0.2, -0.15) is 0 Å². The van der Waals surface area contributed by atoms with Crippen LogP contribution in [0.15, 0.2) is 5.38 Å². The molecule has 0 aromatic carbocycles. The van der Waals surface area contributed by atoms with Crippen molar-refractivity contribution < 1.29 is 4.79 Å². The molecule has 114 valence electrons. The lowest BCUT2D eigenvalue weighted by molar-refractivity contribution is -0.123. The fraction of sp³-hybridized carbons (Fsp3) is 0.750. The third-order valence-corrected chi connectivity index (χ3v) is 6.11. The molecule has 0 unspecified atom stereocenters. The monoisotopic (exact) mass is 305 g/mol. The smallest absolute Gasteiger partial charge is 0.223 e. The van der Waals surface area contributed by atoms with Crippen LogP contribution in [0.3, 0.4) is 0 Å². The largest absolute Gasteiger partial charge is 0.356 e. The van der Waals surface area contributed by atoms with E-state index in [-0.39, 0.29) is 5.92 Å². The summed E-state index contributed by atoms with van der Waals surface area (Å²) in [5.41, 5.74) is 1.48.